The zero-order chi connectivity index (χ0) is 40.1. The molecular weight excluding hydrogens is 673 g/mol. The van der Waals surface area contributed by atoms with Crippen LogP contribution in [0.4, 0.5) is 0 Å². The van der Waals surface area contributed by atoms with Crippen molar-refractivity contribution in [1.82, 2.24) is 0 Å². The lowest BCUT2D eigenvalue weighted by molar-refractivity contribution is 0.794. The zero-order valence-electron chi connectivity index (χ0n) is 34.3. The lowest BCUT2D eigenvalue weighted by atomic mass is 9.70. The summed E-state index contributed by atoms with van der Waals surface area (Å²) in [5.41, 5.74) is 19.7. The minimum absolute atomic E-state index is 0.0437. The van der Waals surface area contributed by atoms with Crippen LogP contribution in [0.5, 0.6) is 0 Å². The summed E-state index contributed by atoms with van der Waals surface area (Å²) in [5.74, 6) is 0. The highest BCUT2D eigenvalue weighted by Gasteiger charge is 2.53. The topological polar surface area (TPSA) is 0 Å². The van der Waals surface area contributed by atoms with Crippen molar-refractivity contribution in [2.75, 3.05) is 0 Å². The van der Waals surface area contributed by atoms with Crippen molar-refractivity contribution in [3.05, 3.63) is 251 Å². The van der Waals surface area contributed by atoms with Gasteiger partial charge >= 0.3 is 0 Å². The average molecular weight is 711 g/mol. The van der Waals surface area contributed by atoms with Crippen LogP contribution in [-0.2, 0) is 10.8 Å². The molecule has 4 aliphatic rings. The third kappa shape index (κ3) is 3.56. The molecule has 0 fully saturated rings. The van der Waals surface area contributed by atoms with Gasteiger partial charge in [0.15, 0.2) is 0 Å². The van der Waals surface area contributed by atoms with E-state index in [2.05, 4.69) is 170 Å². The first kappa shape index (κ1) is 26.7. The van der Waals surface area contributed by atoms with E-state index in [0.717, 1.165) is 22.3 Å². The summed E-state index contributed by atoms with van der Waals surface area (Å²) < 4.78 is 38.6. The Morgan fingerprint density at radius 3 is 0.732 bits per heavy atom. The summed E-state index contributed by atoms with van der Waals surface area (Å²) in [7, 11) is 0. The lowest BCUT2D eigenvalue weighted by Crippen LogP contribution is -2.25. The molecule has 0 saturated carbocycles. The van der Waals surface area contributed by atoms with Crippen molar-refractivity contribution >= 4 is 0 Å². The molecule has 2 spiro atoms. The van der Waals surface area contributed by atoms with Gasteiger partial charge in [-0.1, -0.05) is 194 Å². The number of fused-ring (bicyclic) bond motifs is 20. The van der Waals surface area contributed by atoms with Crippen molar-refractivity contribution in [3.8, 4) is 66.8 Å². The van der Waals surface area contributed by atoms with Crippen LogP contribution >= 0.6 is 0 Å². The normalized spacial score (nSPS) is 15.7. The largest absolute Gasteiger partial charge is 0.0725 e. The van der Waals surface area contributed by atoms with Crippen LogP contribution < -0.4 is 0 Å². The van der Waals surface area contributed by atoms with Crippen molar-refractivity contribution in [2.24, 2.45) is 0 Å². The Hall–Kier alpha value is -7.02. The van der Waals surface area contributed by atoms with Gasteiger partial charge in [-0.2, -0.15) is 0 Å². The molecule has 0 heteroatoms. The molecule has 0 heterocycles. The Bertz CT molecular complexity index is 3010. The fourth-order valence-corrected chi connectivity index (χ4v) is 11.1. The SMILES string of the molecule is [2H]c1c([2H])c(-c2ccc3c(c2)C2(c4ccccc4-c4ccccc42)c2ccccc2-3)c([2H])c([2H])c1-c1ccc2c(c1)C1(c3ccccc3-c3ccccc31)c1ccccc1-2. The van der Waals surface area contributed by atoms with Crippen molar-refractivity contribution in [2.45, 2.75) is 10.8 Å². The van der Waals surface area contributed by atoms with Crippen molar-refractivity contribution in [3.63, 3.8) is 0 Å². The molecule has 13 rings (SSSR count). The van der Waals surface area contributed by atoms with Crippen molar-refractivity contribution in [1.29, 1.82) is 0 Å². The van der Waals surface area contributed by atoms with Crippen molar-refractivity contribution < 1.29 is 5.48 Å². The van der Waals surface area contributed by atoms with Gasteiger partial charge in [-0.15, -0.1) is 0 Å². The van der Waals surface area contributed by atoms with Gasteiger partial charge in [0.25, 0.3) is 0 Å². The van der Waals surface area contributed by atoms with E-state index in [9.17, 15) is 5.48 Å². The number of hydrogen-bond acceptors (Lipinski definition) is 0. The molecule has 0 aromatic heterocycles. The minimum atomic E-state index is -0.581. The summed E-state index contributed by atoms with van der Waals surface area (Å²) in [5, 5.41) is 0. The predicted octanol–water partition coefficient (Wildman–Crippen LogP) is 13.7. The van der Waals surface area contributed by atoms with Gasteiger partial charge in [-0.25, -0.2) is 0 Å². The fraction of sp³-hybridized carbons (Fsp3) is 0.0357. The molecule has 0 saturated heterocycles. The third-order valence-electron chi connectivity index (χ3n) is 13.2. The molecule has 0 aliphatic heterocycles. The van der Waals surface area contributed by atoms with E-state index in [0.29, 0.717) is 22.3 Å². The average Bonchev–Trinajstić information content (AvgIpc) is 3.97. The Kier molecular flexibility index (Phi) is 5.15. The molecule has 9 aromatic rings. The second-order valence-corrected chi connectivity index (χ2v) is 15.5. The zero-order valence-corrected chi connectivity index (χ0v) is 30.3. The quantitative estimate of drug-likeness (QED) is 0.168. The smallest absolute Gasteiger partial charge is 0.0619 e. The Labute approximate surface area is 332 Å². The molecule has 0 amide bonds. The summed E-state index contributed by atoms with van der Waals surface area (Å²) >= 11 is 0. The maximum Gasteiger partial charge on any atom is 0.0725 e. The highest BCUT2D eigenvalue weighted by atomic mass is 14.5. The Morgan fingerprint density at radius 1 is 0.232 bits per heavy atom. The maximum atomic E-state index is 9.64. The Balaban J connectivity index is 1.02. The van der Waals surface area contributed by atoms with E-state index in [4.69, 9.17) is 0 Å². The standard InChI is InChI=1S/C56H34/c1-7-19-47-39(13-1)40-14-2-8-20-48(40)55(47)51-23-11-5-17-43(51)45-31-29-37(33-53(45)55)35-25-27-36(28-26-35)38-30-32-46-44-18-6-12-24-52(44)56(54(46)34-38)49-21-9-3-15-41(49)42-16-4-10-22-50(42)56/h1-34H/i25D,26D,27D,28D. The van der Waals surface area contributed by atoms with Crippen LogP contribution in [0.2, 0.25) is 0 Å². The number of benzene rings is 9. The number of hydrogen-bond donors (Lipinski definition) is 0. The molecule has 0 N–H and O–H groups in total. The van der Waals surface area contributed by atoms with E-state index < -0.39 is 10.8 Å². The highest BCUT2D eigenvalue weighted by molar-refractivity contribution is 5.97. The molecule has 0 unspecified atom stereocenters. The second kappa shape index (κ2) is 10.8. The molecule has 56 heavy (non-hydrogen) atoms. The molecule has 4 aliphatic carbocycles. The van der Waals surface area contributed by atoms with Crippen LogP contribution in [0.1, 0.15) is 50.0 Å². The molecule has 258 valence electrons. The van der Waals surface area contributed by atoms with Gasteiger partial charge in [0.05, 0.1) is 16.3 Å². The van der Waals surface area contributed by atoms with Gasteiger partial charge in [-0.05, 0) is 123 Å². The number of rotatable bonds is 2. The molecule has 0 radical (unpaired) electrons. The van der Waals surface area contributed by atoms with Gasteiger partial charge in [-0.3, -0.25) is 0 Å². The Morgan fingerprint density at radius 2 is 0.464 bits per heavy atom. The summed E-state index contributed by atoms with van der Waals surface area (Å²) in [6.07, 6.45) is 0. The summed E-state index contributed by atoms with van der Waals surface area (Å²) in [6, 6.07) is 64.2. The van der Waals surface area contributed by atoms with E-state index in [1.807, 2.05) is 12.1 Å². The molecule has 0 atom stereocenters. The first-order chi connectivity index (χ1) is 29.5. The summed E-state index contributed by atoms with van der Waals surface area (Å²) in [4.78, 5) is 0. The second-order valence-electron chi connectivity index (χ2n) is 15.5. The minimum Gasteiger partial charge on any atom is -0.0619 e. The molecular formula is C56H34. The molecule has 9 aromatic carbocycles. The van der Waals surface area contributed by atoms with E-state index >= 15 is 0 Å². The van der Waals surface area contributed by atoms with Crippen LogP contribution in [0.15, 0.2) is 206 Å². The highest BCUT2D eigenvalue weighted by Crippen LogP contribution is 2.64. The van der Waals surface area contributed by atoms with Crippen LogP contribution in [0.25, 0.3) is 66.8 Å². The third-order valence-corrected chi connectivity index (χ3v) is 13.2. The lowest BCUT2D eigenvalue weighted by Gasteiger charge is -2.30. The predicted molar refractivity (Wildman–Crippen MR) is 230 cm³/mol. The molecule has 0 nitrogen and oxygen atoms in total. The van der Waals surface area contributed by atoms with Crippen LogP contribution in [0, 0.1) is 0 Å². The van der Waals surface area contributed by atoms with Crippen LogP contribution in [-0.4, -0.2) is 0 Å². The van der Waals surface area contributed by atoms with Gasteiger partial charge in [0, 0.05) is 0 Å². The first-order valence-electron chi connectivity index (χ1n) is 21.4. The van der Waals surface area contributed by atoms with E-state index in [-0.39, 0.29) is 24.2 Å². The molecule has 0 bridgehead atoms. The van der Waals surface area contributed by atoms with E-state index in [1.165, 1.54) is 66.8 Å². The first-order valence-corrected chi connectivity index (χ1v) is 19.4. The van der Waals surface area contributed by atoms with Gasteiger partial charge < -0.3 is 0 Å². The summed E-state index contributed by atoms with van der Waals surface area (Å²) in [6.45, 7) is 0. The fourth-order valence-electron chi connectivity index (χ4n) is 11.1. The van der Waals surface area contributed by atoms with Gasteiger partial charge in [0.2, 0.25) is 0 Å². The maximum absolute atomic E-state index is 9.64. The van der Waals surface area contributed by atoms with E-state index in [1.54, 1.807) is 0 Å². The monoisotopic (exact) mass is 710 g/mol. The van der Waals surface area contributed by atoms with Gasteiger partial charge in [0.1, 0.15) is 0 Å². The van der Waals surface area contributed by atoms with Crippen LogP contribution in [0.3, 0.4) is 0 Å².